The second-order valence-corrected chi connectivity index (χ2v) is 9.50. The maximum Gasteiger partial charge on any atom is 0.409 e. The maximum absolute atomic E-state index is 11.9. The lowest BCUT2D eigenvalue weighted by molar-refractivity contribution is -0.127. The van der Waals surface area contributed by atoms with Gasteiger partial charge in [0.15, 0.2) is 5.96 Å². The van der Waals surface area contributed by atoms with E-state index >= 15 is 0 Å². The number of rotatable bonds is 6. The van der Waals surface area contributed by atoms with Crippen LogP contribution in [0.1, 0.15) is 39.5 Å². The molecule has 0 aromatic heterocycles. The minimum absolute atomic E-state index is 0. The zero-order chi connectivity index (χ0) is 20.6. The van der Waals surface area contributed by atoms with E-state index in [1.807, 2.05) is 18.7 Å². The Morgan fingerprint density at radius 3 is 2.55 bits per heavy atom. The third-order valence-electron chi connectivity index (χ3n) is 5.16. The fourth-order valence-electron chi connectivity index (χ4n) is 3.30. The van der Waals surface area contributed by atoms with Crippen LogP contribution in [-0.2, 0) is 9.53 Å². The van der Waals surface area contributed by atoms with E-state index in [1.54, 1.807) is 23.9 Å². The summed E-state index contributed by atoms with van der Waals surface area (Å²) in [5, 5.41) is 6.90. The minimum atomic E-state index is -0.240. The van der Waals surface area contributed by atoms with E-state index in [2.05, 4.69) is 22.5 Å². The number of nitrogens with zero attached hydrogens (tertiary/aromatic N) is 3. The summed E-state index contributed by atoms with van der Waals surface area (Å²) in [5.41, 5.74) is 0. The van der Waals surface area contributed by atoms with Gasteiger partial charge in [-0.3, -0.25) is 4.79 Å². The predicted molar refractivity (Wildman–Crippen MR) is 129 cm³/mol. The number of amides is 2. The van der Waals surface area contributed by atoms with Crippen LogP contribution in [0.5, 0.6) is 0 Å². The van der Waals surface area contributed by atoms with Gasteiger partial charge in [0.25, 0.3) is 0 Å². The second-order valence-electron chi connectivity index (χ2n) is 7.81. The first-order valence-corrected chi connectivity index (χ1v) is 11.1. The molecule has 2 heterocycles. The Morgan fingerprint density at radius 1 is 1.31 bits per heavy atom. The van der Waals surface area contributed by atoms with Gasteiger partial charge < -0.3 is 25.2 Å². The highest BCUT2D eigenvalue weighted by Crippen LogP contribution is 2.36. The van der Waals surface area contributed by atoms with Gasteiger partial charge in [0.2, 0.25) is 5.91 Å². The van der Waals surface area contributed by atoms with Crippen LogP contribution in [0, 0.1) is 0 Å². The fraction of sp³-hybridized carbons (Fsp3) is 0.842. The second kappa shape index (κ2) is 12.7. The van der Waals surface area contributed by atoms with Crippen LogP contribution in [0.3, 0.4) is 0 Å². The van der Waals surface area contributed by atoms with Crippen molar-refractivity contribution in [3.63, 3.8) is 0 Å². The molecule has 8 nitrogen and oxygen atoms in total. The molecule has 2 amide bonds. The van der Waals surface area contributed by atoms with E-state index < -0.39 is 0 Å². The molecule has 2 aliphatic heterocycles. The topological polar surface area (TPSA) is 86.3 Å². The van der Waals surface area contributed by atoms with Gasteiger partial charge >= 0.3 is 6.09 Å². The van der Waals surface area contributed by atoms with Crippen molar-refractivity contribution in [2.75, 3.05) is 52.6 Å². The van der Waals surface area contributed by atoms with Gasteiger partial charge in [0, 0.05) is 44.5 Å². The molecule has 1 unspecified atom stereocenters. The number of nitrogens with one attached hydrogen (secondary N) is 2. The summed E-state index contributed by atoms with van der Waals surface area (Å²) in [4.78, 5) is 31.6. The summed E-state index contributed by atoms with van der Waals surface area (Å²) >= 11 is 1.99. The Kier molecular flexibility index (Phi) is 11.4. The van der Waals surface area contributed by atoms with Crippen LogP contribution in [0.25, 0.3) is 0 Å². The molecule has 168 valence electrons. The van der Waals surface area contributed by atoms with Gasteiger partial charge in [-0.25, -0.2) is 9.79 Å². The van der Waals surface area contributed by atoms with Crippen molar-refractivity contribution >= 4 is 53.7 Å². The van der Waals surface area contributed by atoms with E-state index in [1.165, 1.54) is 18.6 Å². The molecule has 2 fully saturated rings. The first-order chi connectivity index (χ1) is 13.3. The number of carbonyl (C=O) groups excluding carboxylic acids is 2. The lowest BCUT2D eigenvalue weighted by Crippen LogP contribution is -2.51. The van der Waals surface area contributed by atoms with Gasteiger partial charge in [-0.1, -0.05) is 0 Å². The molecule has 2 aliphatic rings. The van der Waals surface area contributed by atoms with Crippen molar-refractivity contribution in [2.45, 2.75) is 50.3 Å². The lowest BCUT2D eigenvalue weighted by Gasteiger charge is -2.33. The van der Waals surface area contributed by atoms with Crippen LogP contribution in [0.4, 0.5) is 4.79 Å². The minimum Gasteiger partial charge on any atom is -0.450 e. The van der Waals surface area contributed by atoms with Crippen molar-refractivity contribution in [2.24, 2.45) is 4.99 Å². The van der Waals surface area contributed by atoms with Gasteiger partial charge in [-0.2, -0.15) is 11.8 Å². The first kappa shape index (κ1) is 26.1. The molecule has 1 atom stereocenters. The van der Waals surface area contributed by atoms with Crippen molar-refractivity contribution in [1.82, 2.24) is 20.4 Å². The molecule has 0 aromatic rings. The zero-order valence-corrected chi connectivity index (χ0v) is 21.2. The maximum atomic E-state index is 11.9. The molecular formula is C19H36IN5O3S. The van der Waals surface area contributed by atoms with E-state index in [9.17, 15) is 9.59 Å². The molecule has 2 N–H and O–H groups in total. The SMILES string of the molecule is CCOC(=O)N1CCC(NC(=NCC(=O)N(C)C)NCC2(C)CCCS2)CC1.I. The highest BCUT2D eigenvalue weighted by atomic mass is 127. The average molecular weight is 542 g/mol. The van der Waals surface area contributed by atoms with Gasteiger partial charge in [0.1, 0.15) is 6.54 Å². The normalized spacial score (nSPS) is 22.6. The highest BCUT2D eigenvalue weighted by Gasteiger charge is 2.30. The summed E-state index contributed by atoms with van der Waals surface area (Å²) in [5.74, 6) is 1.85. The monoisotopic (exact) mass is 541 g/mol. The van der Waals surface area contributed by atoms with Crippen LogP contribution in [0.15, 0.2) is 4.99 Å². The first-order valence-electron chi connectivity index (χ1n) is 10.1. The number of aliphatic imine (C=N–C) groups is 1. The fourth-order valence-corrected chi connectivity index (χ4v) is 4.55. The number of carbonyl (C=O) groups is 2. The average Bonchev–Trinajstić information content (AvgIpc) is 3.11. The molecule has 2 saturated heterocycles. The predicted octanol–water partition coefficient (Wildman–Crippen LogP) is 2.13. The molecular weight excluding hydrogens is 505 g/mol. The highest BCUT2D eigenvalue weighted by molar-refractivity contribution is 14.0. The Labute approximate surface area is 196 Å². The molecule has 0 aliphatic carbocycles. The Hall–Kier alpha value is -0.910. The largest absolute Gasteiger partial charge is 0.450 e. The molecule has 29 heavy (non-hydrogen) atoms. The Bertz CT molecular complexity index is 562. The van der Waals surface area contributed by atoms with E-state index in [-0.39, 0.29) is 53.3 Å². The summed E-state index contributed by atoms with van der Waals surface area (Å²) in [6, 6.07) is 0.218. The molecule has 0 spiro atoms. The van der Waals surface area contributed by atoms with E-state index in [4.69, 9.17) is 4.74 Å². The molecule has 0 saturated carbocycles. The Balaban J connectivity index is 0.00000420. The molecule has 10 heteroatoms. The zero-order valence-electron chi connectivity index (χ0n) is 18.0. The van der Waals surface area contributed by atoms with E-state index in [0.717, 1.165) is 19.4 Å². The van der Waals surface area contributed by atoms with Crippen LogP contribution >= 0.6 is 35.7 Å². The van der Waals surface area contributed by atoms with E-state index in [0.29, 0.717) is 25.7 Å². The summed E-state index contributed by atoms with van der Waals surface area (Å²) in [7, 11) is 3.47. The van der Waals surface area contributed by atoms with Gasteiger partial charge in [-0.15, -0.1) is 24.0 Å². The number of halogens is 1. The standard InChI is InChI=1S/C19H35N5O3S.HI/c1-5-27-18(26)24-10-7-15(8-11-24)22-17(20-13-16(25)23(3)4)21-14-19(2)9-6-12-28-19;/h15H,5-14H2,1-4H3,(H2,20,21,22);1H. The summed E-state index contributed by atoms with van der Waals surface area (Å²) < 4.78 is 5.29. The number of hydrogen-bond acceptors (Lipinski definition) is 5. The molecule has 0 bridgehead atoms. The number of thioether (sulfide) groups is 1. The third-order valence-corrected chi connectivity index (χ3v) is 6.70. The smallest absolute Gasteiger partial charge is 0.409 e. The summed E-state index contributed by atoms with van der Waals surface area (Å²) in [6.45, 7) is 6.75. The van der Waals surface area contributed by atoms with Crippen molar-refractivity contribution < 1.29 is 14.3 Å². The van der Waals surface area contributed by atoms with Crippen molar-refractivity contribution in [3.05, 3.63) is 0 Å². The van der Waals surface area contributed by atoms with Crippen molar-refractivity contribution in [1.29, 1.82) is 0 Å². The number of likely N-dealkylation sites (tertiary alicyclic amines) is 1. The van der Waals surface area contributed by atoms with Gasteiger partial charge in [0.05, 0.1) is 6.61 Å². The van der Waals surface area contributed by atoms with Gasteiger partial charge in [-0.05, 0) is 45.3 Å². The Morgan fingerprint density at radius 2 is 2.00 bits per heavy atom. The number of ether oxygens (including phenoxy) is 1. The third kappa shape index (κ3) is 8.77. The number of hydrogen-bond donors (Lipinski definition) is 2. The van der Waals surface area contributed by atoms with Crippen molar-refractivity contribution in [3.8, 4) is 0 Å². The number of likely N-dealkylation sites (N-methyl/N-ethyl adjacent to an activating group) is 1. The number of guanidine groups is 1. The molecule has 0 aromatic carbocycles. The lowest BCUT2D eigenvalue weighted by atomic mass is 10.1. The van der Waals surface area contributed by atoms with Crippen LogP contribution in [0.2, 0.25) is 0 Å². The summed E-state index contributed by atoms with van der Waals surface area (Å²) in [6.07, 6.45) is 3.84. The van der Waals surface area contributed by atoms with Crippen LogP contribution < -0.4 is 10.6 Å². The number of piperidine rings is 1. The molecule has 2 rings (SSSR count). The quantitative estimate of drug-likeness (QED) is 0.305. The van der Waals surface area contributed by atoms with Crippen LogP contribution in [-0.4, -0.2) is 91.2 Å². The molecule has 0 radical (unpaired) electrons.